The van der Waals surface area contributed by atoms with Crippen molar-refractivity contribution in [2.45, 2.75) is 25.6 Å². The standard InChI is InChI=1S/C11H16FNO2/c1-7-2-3-8(9(12)6-7)11(15)10(14)4-5-13/h2-3,6,10-11,14-15H,4-5,13H2,1H3. The Morgan fingerprint density at radius 1 is 1.40 bits per heavy atom. The Kier molecular flexibility index (Phi) is 4.20. The molecule has 1 aromatic carbocycles. The van der Waals surface area contributed by atoms with E-state index in [9.17, 15) is 14.6 Å². The van der Waals surface area contributed by atoms with Gasteiger partial charge in [-0.15, -0.1) is 0 Å². The molecule has 1 rings (SSSR count). The zero-order valence-electron chi connectivity index (χ0n) is 8.65. The van der Waals surface area contributed by atoms with E-state index >= 15 is 0 Å². The Morgan fingerprint density at radius 2 is 2.07 bits per heavy atom. The van der Waals surface area contributed by atoms with Crippen molar-refractivity contribution in [2.75, 3.05) is 6.54 Å². The van der Waals surface area contributed by atoms with Gasteiger partial charge in [0, 0.05) is 5.56 Å². The zero-order valence-corrected chi connectivity index (χ0v) is 8.65. The molecular weight excluding hydrogens is 197 g/mol. The number of hydrogen-bond acceptors (Lipinski definition) is 3. The van der Waals surface area contributed by atoms with Gasteiger partial charge in [-0.25, -0.2) is 4.39 Å². The number of benzene rings is 1. The van der Waals surface area contributed by atoms with Gasteiger partial charge >= 0.3 is 0 Å². The van der Waals surface area contributed by atoms with Crippen LogP contribution in [0.2, 0.25) is 0 Å². The number of hydrogen-bond donors (Lipinski definition) is 3. The van der Waals surface area contributed by atoms with Crippen molar-refractivity contribution in [1.29, 1.82) is 0 Å². The highest BCUT2D eigenvalue weighted by Crippen LogP contribution is 2.22. The molecule has 0 heterocycles. The molecule has 4 N–H and O–H groups in total. The first kappa shape index (κ1) is 12.1. The number of aliphatic hydroxyl groups is 2. The van der Waals surface area contributed by atoms with Gasteiger partial charge in [0.05, 0.1) is 6.10 Å². The summed E-state index contributed by atoms with van der Waals surface area (Å²) < 4.78 is 13.4. The van der Waals surface area contributed by atoms with Crippen molar-refractivity contribution in [2.24, 2.45) is 5.73 Å². The summed E-state index contributed by atoms with van der Waals surface area (Å²) in [6.45, 7) is 2.02. The molecule has 0 aliphatic rings. The third-order valence-corrected chi connectivity index (χ3v) is 2.30. The summed E-state index contributed by atoms with van der Waals surface area (Å²) in [5.41, 5.74) is 6.13. The van der Waals surface area contributed by atoms with Crippen LogP contribution in [0.15, 0.2) is 18.2 Å². The second-order valence-electron chi connectivity index (χ2n) is 3.61. The van der Waals surface area contributed by atoms with Gasteiger partial charge in [0.1, 0.15) is 11.9 Å². The number of aryl methyl sites for hydroxylation is 1. The summed E-state index contributed by atoms with van der Waals surface area (Å²) in [4.78, 5) is 0. The number of aliphatic hydroxyl groups excluding tert-OH is 2. The van der Waals surface area contributed by atoms with Crippen molar-refractivity contribution in [3.8, 4) is 0 Å². The lowest BCUT2D eigenvalue weighted by atomic mass is 10.0. The van der Waals surface area contributed by atoms with E-state index in [1.807, 2.05) is 0 Å². The second kappa shape index (κ2) is 5.21. The van der Waals surface area contributed by atoms with Crippen molar-refractivity contribution in [3.05, 3.63) is 35.1 Å². The van der Waals surface area contributed by atoms with E-state index in [0.717, 1.165) is 5.56 Å². The average molecular weight is 213 g/mol. The van der Waals surface area contributed by atoms with Crippen LogP contribution in [-0.4, -0.2) is 22.9 Å². The first-order valence-corrected chi connectivity index (χ1v) is 4.88. The summed E-state index contributed by atoms with van der Waals surface area (Å²) in [6.07, 6.45) is -1.99. The average Bonchev–Trinajstić information content (AvgIpc) is 2.17. The lowest BCUT2D eigenvalue weighted by Gasteiger charge is -2.18. The largest absolute Gasteiger partial charge is 0.390 e. The molecule has 0 saturated heterocycles. The maximum atomic E-state index is 13.4. The van der Waals surface area contributed by atoms with E-state index in [1.165, 1.54) is 12.1 Å². The van der Waals surface area contributed by atoms with Crippen LogP contribution in [0.1, 0.15) is 23.7 Å². The second-order valence-corrected chi connectivity index (χ2v) is 3.61. The summed E-state index contributed by atoms with van der Waals surface area (Å²) in [5.74, 6) is -0.501. The third-order valence-electron chi connectivity index (χ3n) is 2.30. The van der Waals surface area contributed by atoms with Gasteiger partial charge < -0.3 is 15.9 Å². The Bertz CT molecular complexity index is 330. The Balaban J connectivity index is 2.86. The van der Waals surface area contributed by atoms with Crippen LogP contribution in [0.4, 0.5) is 4.39 Å². The Labute approximate surface area is 88.4 Å². The first-order valence-electron chi connectivity index (χ1n) is 4.88. The topological polar surface area (TPSA) is 66.5 Å². The first-order chi connectivity index (χ1) is 7.06. The smallest absolute Gasteiger partial charge is 0.129 e. The lowest BCUT2D eigenvalue weighted by molar-refractivity contribution is 0.0130. The molecule has 0 radical (unpaired) electrons. The fourth-order valence-electron chi connectivity index (χ4n) is 1.41. The number of nitrogens with two attached hydrogens (primary N) is 1. The molecule has 0 bridgehead atoms. The monoisotopic (exact) mass is 213 g/mol. The Morgan fingerprint density at radius 3 is 2.60 bits per heavy atom. The maximum Gasteiger partial charge on any atom is 0.129 e. The highest BCUT2D eigenvalue weighted by molar-refractivity contribution is 5.25. The summed E-state index contributed by atoms with van der Waals surface area (Å²) in [7, 11) is 0. The molecule has 0 fully saturated rings. The van der Waals surface area contributed by atoms with Crippen molar-refractivity contribution < 1.29 is 14.6 Å². The number of rotatable bonds is 4. The lowest BCUT2D eigenvalue weighted by Crippen LogP contribution is -2.22. The molecule has 15 heavy (non-hydrogen) atoms. The van der Waals surface area contributed by atoms with Gasteiger partial charge in [0.2, 0.25) is 0 Å². The molecule has 0 saturated carbocycles. The highest BCUT2D eigenvalue weighted by atomic mass is 19.1. The predicted octanol–water partition coefficient (Wildman–Crippen LogP) is 0.877. The Hall–Kier alpha value is -0.970. The molecule has 0 aromatic heterocycles. The van der Waals surface area contributed by atoms with Crippen LogP contribution in [0.25, 0.3) is 0 Å². The summed E-state index contributed by atoms with van der Waals surface area (Å²) >= 11 is 0. The van der Waals surface area contributed by atoms with Gasteiger partial charge in [-0.05, 0) is 31.5 Å². The maximum absolute atomic E-state index is 13.4. The number of halogens is 1. The quantitative estimate of drug-likeness (QED) is 0.695. The minimum absolute atomic E-state index is 0.113. The van der Waals surface area contributed by atoms with Crippen LogP contribution in [-0.2, 0) is 0 Å². The third kappa shape index (κ3) is 2.99. The zero-order chi connectivity index (χ0) is 11.4. The van der Waals surface area contributed by atoms with E-state index in [2.05, 4.69) is 0 Å². The van der Waals surface area contributed by atoms with Gasteiger partial charge in [-0.3, -0.25) is 0 Å². The van der Waals surface area contributed by atoms with E-state index < -0.39 is 18.0 Å². The highest BCUT2D eigenvalue weighted by Gasteiger charge is 2.20. The molecule has 0 spiro atoms. The SMILES string of the molecule is Cc1ccc(C(O)C(O)CCN)c(F)c1. The summed E-state index contributed by atoms with van der Waals surface area (Å²) in [5, 5.41) is 19.1. The molecule has 0 amide bonds. The fraction of sp³-hybridized carbons (Fsp3) is 0.455. The van der Waals surface area contributed by atoms with Gasteiger partial charge in [-0.1, -0.05) is 12.1 Å². The molecule has 2 atom stereocenters. The fourth-order valence-corrected chi connectivity index (χ4v) is 1.41. The molecule has 3 nitrogen and oxygen atoms in total. The molecule has 0 aliphatic heterocycles. The minimum Gasteiger partial charge on any atom is -0.390 e. The predicted molar refractivity (Wildman–Crippen MR) is 55.8 cm³/mol. The van der Waals surface area contributed by atoms with E-state index in [0.29, 0.717) is 0 Å². The van der Waals surface area contributed by atoms with E-state index in [-0.39, 0.29) is 18.5 Å². The van der Waals surface area contributed by atoms with Gasteiger partial charge in [0.15, 0.2) is 0 Å². The molecule has 0 aliphatic carbocycles. The van der Waals surface area contributed by atoms with Crippen molar-refractivity contribution in [3.63, 3.8) is 0 Å². The van der Waals surface area contributed by atoms with Crippen LogP contribution >= 0.6 is 0 Å². The van der Waals surface area contributed by atoms with E-state index in [1.54, 1.807) is 13.0 Å². The van der Waals surface area contributed by atoms with Gasteiger partial charge in [-0.2, -0.15) is 0 Å². The molecular formula is C11H16FNO2. The summed E-state index contributed by atoms with van der Waals surface area (Å²) in [6, 6.07) is 4.50. The minimum atomic E-state index is -1.21. The van der Waals surface area contributed by atoms with Crippen molar-refractivity contribution in [1.82, 2.24) is 0 Å². The molecule has 84 valence electrons. The van der Waals surface area contributed by atoms with Crippen LogP contribution in [0, 0.1) is 12.7 Å². The normalized spacial score (nSPS) is 15.0. The molecule has 4 heteroatoms. The van der Waals surface area contributed by atoms with Crippen LogP contribution in [0.5, 0.6) is 0 Å². The molecule has 2 unspecified atom stereocenters. The van der Waals surface area contributed by atoms with Crippen LogP contribution < -0.4 is 5.73 Å². The molecule has 1 aromatic rings. The van der Waals surface area contributed by atoms with Gasteiger partial charge in [0.25, 0.3) is 0 Å². The van der Waals surface area contributed by atoms with Crippen molar-refractivity contribution >= 4 is 0 Å². The van der Waals surface area contributed by atoms with Crippen LogP contribution in [0.3, 0.4) is 0 Å². The van der Waals surface area contributed by atoms with E-state index in [4.69, 9.17) is 5.73 Å².